The van der Waals surface area contributed by atoms with Gasteiger partial charge in [-0.15, -0.1) is 0 Å². The number of nitrogens with zero attached hydrogens (tertiary/aromatic N) is 3. The molecule has 5 heteroatoms. The number of anilines is 1. The average molecular weight is 308 g/mol. The number of likely N-dealkylation sites (tertiary alicyclic amines) is 1. The zero-order valence-corrected chi connectivity index (χ0v) is 13.0. The monoisotopic (exact) mass is 308 g/mol. The van der Waals surface area contributed by atoms with Crippen molar-refractivity contribution in [2.75, 3.05) is 25.0 Å². The van der Waals surface area contributed by atoms with Gasteiger partial charge in [0.1, 0.15) is 11.5 Å². The molecule has 1 aliphatic rings. The van der Waals surface area contributed by atoms with E-state index in [4.69, 9.17) is 0 Å². The Morgan fingerprint density at radius 2 is 1.96 bits per heavy atom. The van der Waals surface area contributed by atoms with Crippen LogP contribution in [-0.2, 0) is 0 Å². The van der Waals surface area contributed by atoms with E-state index in [0.717, 1.165) is 31.5 Å². The van der Waals surface area contributed by atoms with E-state index in [-0.39, 0.29) is 5.91 Å². The molecule has 1 N–H and O–H groups in total. The molecule has 1 aromatic heterocycles. The fourth-order valence-electron chi connectivity index (χ4n) is 2.56. The lowest BCUT2D eigenvalue weighted by Crippen LogP contribution is -2.28. The molecule has 23 heavy (non-hydrogen) atoms. The summed E-state index contributed by atoms with van der Waals surface area (Å²) in [4.78, 5) is 22.6. The van der Waals surface area contributed by atoms with Crippen LogP contribution in [0.1, 0.15) is 28.9 Å². The smallest absolute Gasteiger partial charge is 0.274 e. The van der Waals surface area contributed by atoms with Crippen LogP contribution in [0.5, 0.6) is 0 Å². The molecule has 0 radical (unpaired) electrons. The van der Waals surface area contributed by atoms with Gasteiger partial charge < -0.3 is 10.2 Å². The van der Waals surface area contributed by atoms with Crippen molar-refractivity contribution in [2.24, 2.45) is 0 Å². The Balaban J connectivity index is 1.57. The third-order valence-corrected chi connectivity index (χ3v) is 3.76. The van der Waals surface area contributed by atoms with Gasteiger partial charge in [-0.2, -0.15) is 0 Å². The predicted octanol–water partition coefficient (Wildman–Crippen LogP) is 2.84. The Morgan fingerprint density at radius 1 is 1.17 bits per heavy atom. The second-order valence-electron chi connectivity index (χ2n) is 5.48. The highest BCUT2D eigenvalue weighted by Crippen LogP contribution is 2.12. The van der Waals surface area contributed by atoms with E-state index in [9.17, 15) is 4.79 Å². The van der Waals surface area contributed by atoms with Gasteiger partial charge in [0.25, 0.3) is 5.91 Å². The average Bonchev–Trinajstić information content (AvgIpc) is 3.14. The maximum Gasteiger partial charge on any atom is 0.274 e. The van der Waals surface area contributed by atoms with Gasteiger partial charge in [-0.25, -0.2) is 4.98 Å². The number of amides is 1. The predicted molar refractivity (Wildman–Crippen MR) is 91.1 cm³/mol. The number of benzene rings is 1. The van der Waals surface area contributed by atoms with Crippen LogP contribution in [0.2, 0.25) is 0 Å². The van der Waals surface area contributed by atoms with Crippen LogP contribution in [0.4, 0.5) is 5.82 Å². The van der Waals surface area contributed by atoms with Gasteiger partial charge in [0.15, 0.2) is 0 Å². The van der Waals surface area contributed by atoms with Crippen LogP contribution in [0, 0.1) is 0 Å². The van der Waals surface area contributed by atoms with Gasteiger partial charge in [-0.3, -0.25) is 9.78 Å². The van der Waals surface area contributed by atoms with E-state index in [1.807, 2.05) is 47.4 Å². The molecule has 1 aromatic carbocycles. The van der Waals surface area contributed by atoms with Crippen LogP contribution < -0.4 is 5.32 Å². The molecule has 0 bridgehead atoms. The third-order valence-electron chi connectivity index (χ3n) is 3.76. The molecule has 1 fully saturated rings. The van der Waals surface area contributed by atoms with Crippen molar-refractivity contribution >= 4 is 17.8 Å². The molecule has 2 aromatic rings. The molecule has 0 unspecified atom stereocenters. The Kier molecular flexibility index (Phi) is 4.99. The van der Waals surface area contributed by atoms with E-state index in [1.54, 1.807) is 6.20 Å². The molecule has 1 saturated heterocycles. The normalized spacial score (nSPS) is 14.3. The fraction of sp³-hybridized carbons (Fsp3) is 0.278. The minimum absolute atomic E-state index is 0.0292. The van der Waals surface area contributed by atoms with Gasteiger partial charge in [-0.1, -0.05) is 42.5 Å². The van der Waals surface area contributed by atoms with Crippen LogP contribution in [0.25, 0.3) is 6.08 Å². The maximum atomic E-state index is 12.3. The number of nitrogens with one attached hydrogen (secondary N) is 1. The first kappa shape index (κ1) is 15.2. The number of hydrogen-bond acceptors (Lipinski definition) is 4. The van der Waals surface area contributed by atoms with Crippen LogP contribution >= 0.6 is 0 Å². The quantitative estimate of drug-likeness (QED) is 0.923. The maximum absolute atomic E-state index is 12.3. The molecule has 0 saturated carbocycles. The Morgan fingerprint density at radius 3 is 2.74 bits per heavy atom. The van der Waals surface area contributed by atoms with Crippen molar-refractivity contribution in [2.45, 2.75) is 12.8 Å². The van der Waals surface area contributed by atoms with Gasteiger partial charge in [0, 0.05) is 19.6 Å². The van der Waals surface area contributed by atoms with Crippen molar-refractivity contribution in [3.63, 3.8) is 0 Å². The third kappa shape index (κ3) is 4.16. The lowest BCUT2D eigenvalue weighted by molar-refractivity contribution is 0.0786. The van der Waals surface area contributed by atoms with Crippen molar-refractivity contribution in [1.29, 1.82) is 0 Å². The van der Waals surface area contributed by atoms with E-state index in [1.165, 1.54) is 6.20 Å². The molecule has 5 nitrogen and oxygen atoms in total. The van der Waals surface area contributed by atoms with Crippen LogP contribution in [0.15, 0.2) is 48.8 Å². The molecule has 118 valence electrons. The molecule has 1 aliphatic heterocycles. The summed E-state index contributed by atoms with van der Waals surface area (Å²) >= 11 is 0. The first-order valence-corrected chi connectivity index (χ1v) is 7.90. The summed E-state index contributed by atoms with van der Waals surface area (Å²) in [6, 6.07) is 10.1. The van der Waals surface area contributed by atoms with Gasteiger partial charge in [-0.05, 0) is 18.4 Å². The first-order chi connectivity index (χ1) is 11.3. The minimum Gasteiger partial charge on any atom is -0.365 e. The molecule has 0 aliphatic carbocycles. The topological polar surface area (TPSA) is 58.1 Å². The van der Waals surface area contributed by atoms with E-state index >= 15 is 0 Å². The largest absolute Gasteiger partial charge is 0.365 e. The summed E-state index contributed by atoms with van der Waals surface area (Å²) in [6.45, 7) is 2.26. The lowest BCUT2D eigenvalue weighted by atomic mass is 10.2. The van der Waals surface area contributed by atoms with Crippen molar-refractivity contribution < 1.29 is 4.79 Å². The van der Waals surface area contributed by atoms with Crippen molar-refractivity contribution in [3.8, 4) is 0 Å². The second-order valence-corrected chi connectivity index (χ2v) is 5.48. The highest BCUT2D eigenvalue weighted by molar-refractivity contribution is 5.92. The number of hydrogen-bond donors (Lipinski definition) is 1. The molecule has 2 heterocycles. The lowest BCUT2D eigenvalue weighted by Gasteiger charge is -2.14. The summed E-state index contributed by atoms with van der Waals surface area (Å²) in [5.41, 5.74) is 1.56. The summed E-state index contributed by atoms with van der Waals surface area (Å²) in [5.74, 6) is 0.589. The number of rotatable bonds is 5. The Bertz CT molecular complexity index is 678. The number of aromatic nitrogens is 2. The molecule has 3 rings (SSSR count). The number of carbonyl (C=O) groups is 1. The zero-order chi connectivity index (χ0) is 15.9. The Hall–Kier alpha value is -2.69. The second kappa shape index (κ2) is 7.54. The standard InChI is InChI=1S/C18H20N4O/c23-18(22-11-4-5-12-22)16-13-19-14-17(21-16)20-10-6-9-15-7-2-1-3-8-15/h1-3,6-9,13-14H,4-5,10-12H2,(H,20,21)/b9-6+. The van der Waals surface area contributed by atoms with E-state index in [0.29, 0.717) is 18.1 Å². The zero-order valence-electron chi connectivity index (χ0n) is 13.0. The Labute approximate surface area is 136 Å². The number of carbonyl (C=O) groups excluding carboxylic acids is 1. The molecule has 0 spiro atoms. The molecule has 0 atom stereocenters. The first-order valence-electron chi connectivity index (χ1n) is 7.90. The summed E-state index contributed by atoms with van der Waals surface area (Å²) in [6.07, 6.45) is 9.37. The van der Waals surface area contributed by atoms with E-state index < -0.39 is 0 Å². The van der Waals surface area contributed by atoms with E-state index in [2.05, 4.69) is 15.3 Å². The summed E-state index contributed by atoms with van der Waals surface area (Å²) in [5, 5.41) is 3.17. The molecule has 1 amide bonds. The van der Waals surface area contributed by atoms with Crippen LogP contribution in [-0.4, -0.2) is 40.4 Å². The fourth-order valence-corrected chi connectivity index (χ4v) is 2.56. The molecular formula is C18H20N4O. The SMILES string of the molecule is O=C(c1cncc(NC/C=C/c2ccccc2)n1)N1CCCC1. The van der Waals surface area contributed by atoms with Crippen LogP contribution in [0.3, 0.4) is 0 Å². The highest BCUT2D eigenvalue weighted by atomic mass is 16.2. The summed E-state index contributed by atoms with van der Waals surface area (Å²) < 4.78 is 0. The van der Waals surface area contributed by atoms with Gasteiger partial charge in [0.05, 0.1) is 12.4 Å². The van der Waals surface area contributed by atoms with Crippen molar-refractivity contribution in [1.82, 2.24) is 14.9 Å². The van der Waals surface area contributed by atoms with Gasteiger partial charge in [0.2, 0.25) is 0 Å². The highest BCUT2D eigenvalue weighted by Gasteiger charge is 2.20. The minimum atomic E-state index is -0.0292. The van der Waals surface area contributed by atoms with Crippen molar-refractivity contribution in [3.05, 3.63) is 60.1 Å². The van der Waals surface area contributed by atoms with Gasteiger partial charge >= 0.3 is 0 Å². The summed E-state index contributed by atoms with van der Waals surface area (Å²) in [7, 11) is 0. The molecular weight excluding hydrogens is 288 g/mol.